The van der Waals surface area contributed by atoms with Crippen LogP contribution in [0.4, 0.5) is 0 Å². The van der Waals surface area contributed by atoms with E-state index in [9.17, 15) is 0 Å². The minimum absolute atomic E-state index is 0.00597. The van der Waals surface area contributed by atoms with Crippen LogP contribution < -0.4 is 10.1 Å². The monoisotopic (exact) mass is 257 g/mol. The standard InChI is InChI=1S/C15H19N3O/c1-4-17-15(13-10-16-7-8-18-13)12-9-11(2)5-6-14(12)19-3/h5-10,15,17H,4H2,1-3H3. The second-order valence-electron chi connectivity index (χ2n) is 4.37. The van der Waals surface area contributed by atoms with Gasteiger partial charge >= 0.3 is 0 Å². The van der Waals surface area contributed by atoms with Gasteiger partial charge in [0.2, 0.25) is 0 Å². The van der Waals surface area contributed by atoms with Crippen LogP contribution in [0.25, 0.3) is 0 Å². The first kappa shape index (κ1) is 13.5. The van der Waals surface area contributed by atoms with Crippen molar-refractivity contribution in [2.75, 3.05) is 13.7 Å². The Labute approximate surface area is 113 Å². The normalized spacial score (nSPS) is 12.2. The summed E-state index contributed by atoms with van der Waals surface area (Å²) in [6.07, 6.45) is 5.18. The lowest BCUT2D eigenvalue weighted by Gasteiger charge is -2.20. The second-order valence-corrected chi connectivity index (χ2v) is 4.37. The summed E-state index contributed by atoms with van der Waals surface area (Å²) in [5.74, 6) is 0.863. The summed E-state index contributed by atoms with van der Waals surface area (Å²) < 4.78 is 5.46. The van der Waals surface area contributed by atoms with Gasteiger partial charge in [0.15, 0.2) is 0 Å². The van der Waals surface area contributed by atoms with Gasteiger partial charge in [-0.15, -0.1) is 0 Å². The first-order valence-corrected chi connectivity index (χ1v) is 6.40. The molecule has 0 saturated carbocycles. The van der Waals surface area contributed by atoms with E-state index in [-0.39, 0.29) is 6.04 Å². The number of aryl methyl sites for hydroxylation is 1. The molecular weight excluding hydrogens is 238 g/mol. The first-order chi connectivity index (χ1) is 9.26. The number of aromatic nitrogens is 2. The number of hydrogen-bond donors (Lipinski definition) is 1. The van der Waals surface area contributed by atoms with Crippen LogP contribution in [0, 0.1) is 6.92 Å². The van der Waals surface area contributed by atoms with Crippen molar-refractivity contribution in [3.05, 3.63) is 53.6 Å². The number of rotatable bonds is 5. The summed E-state index contributed by atoms with van der Waals surface area (Å²) in [5, 5.41) is 3.43. The Kier molecular flexibility index (Phi) is 4.47. The van der Waals surface area contributed by atoms with Crippen LogP contribution in [0.5, 0.6) is 5.75 Å². The van der Waals surface area contributed by atoms with Gasteiger partial charge < -0.3 is 10.1 Å². The smallest absolute Gasteiger partial charge is 0.124 e. The van der Waals surface area contributed by atoms with Gasteiger partial charge in [-0.25, -0.2) is 0 Å². The molecule has 0 aliphatic heterocycles. The molecule has 1 heterocycles. The molecule has 4 heteroatoms. The van der Waals surface area contributed by atoms with E-state index in [0.29, 0.717) is 0 Å². The predicted molar refractivity (Wildman–Crippen MR) is 75.3 cm³/mol. The summed E-state index contributed by atoms with van der Waals surface area (Å²) in [5.41, 5.74) is 3.18. The summed E-state index contributed by atoms with van der Waals surface area (Å²) in [4.78, 5) is 8.55. The Bertz CT molecular complexity index is 528. The van der Waals surface area contributed by atoms with Gasteiger partial charge in [0, 0.05) is 18.0 Å². The van der Waals surface area contributed by atoms with Crippen molar-refractivity contribution in [2.45, 2.75) is 19.9 Å². The van der Waals surface area contributed by atoms with E-state index in [1.165, 1.54) is 5.56 Å². The number of methoxy groups -OCH3 is 1. The van der Waals surface area contributed by atoms with Crippen molar-refractivity contribution in [1.29, 1.82) is 0 Å². The maximum Gasteiger partial charge on any atom is 0.124 e. The second kappa shape index (κ2) is 6.29. The predicted octanol–water partition coefficient (Wildman–Crippen LogP) is 2.49. The van der Waals surface area contributed by atoms with E-state index in [2.05, 4.69) is 35.2 Å². The molecule has 19 heavy (non-hydrogen) atoms. The number of hydrogen-bond acceptors (Lipinski definition) is 4. The summed E-state index contributed by atoms with van der Waals surface area (Å²) in [7, 11) is 1.69. The van der Waals surface area contributed by atoms with Crippen LogP contribution in [-0.2, 0) is 0 Å². The summed E-state index contributed by atoms with van der Waals surface area (Å²) >= 11 is 0. The number of ether oxygens (including phenoxy) is 1. The Morgan fingerprint density at radius 1 is 1.32 bits per heavy atom. The van der Waals surface area contributed by atoms with E-state index >= 15 is 0 Å². The molecule has 1 N–H and O–H groups in total. The quantitative estimate of drug-likeness (QED) is 0.894. The highest BCUT2D eigenvalue weighted by atomic mass is 16.5. The molecule has 1 aromatic heterocycles. The zero-order valence-electron chi connectivity index (χ0n) is 11.6. The van der Waals surface area contributed by atoms with Crippen LogP contribution in [0.2, 0.25) is 0 Å². The lowest BCUT2D eigenvalue weighted by Crippen LogP contribution is -2.23. The van der Waals surface area contributed by atoms with Crippen molar-refractivity contribution in [2.24, 2.45) is 0 Å². The van der Waals surface area contributed by atoms with Gasteiger partial charge in [-0.2, -0.15) is 0 Å². The lowest BCUT2D eigenvalue weighted by atomic mass is 10.0. The Hall–Kier alpha value is -1.94. The zero-order chi connectivity index (χ0) is 13.7. The van der Waals surface area contributed by atoms with Crippen molar-refractivity contribution in [1.82, 2.24) is 15.3 Å². The third kappa shape index (κ3) is 3.09. The molecule has 2 rings (SSSR count). The summed E-state index contributed by atoms with van der Waals surface area (Å²) in [6.45, 7) is 4.99. The van der Waals surface area contributed by atoms with Gasteiger partial charge in [0.25, 0.3) is 0 Å². The molecule has 2 aromatic rings. The van der Waals surface area contributed by atoms with Crippen molar-refractivity contribution in [3.8, 4) is 5.75 Å². The molecule has 0 aliphatic rings. The maximum atomic E-state index is 5.46. The van der Waals surface area contributed by atoms with Crippen molar-refractivity contribution in [3.63, 3.8) is 0 Å². The van der Waals surface area contributed by atoms with Crippen LogP contribution in [0.1, 0.15) is 29.8 Å². The Morgan fingerprint density at radius 3 is 2.79 bits per heavy atom. The average molecular weight is 257 g/mol. The van der Waals surface area contributed by atoms with Crippen LogP contribution in [-0.4, -0.2) is 23.6 Å². The number of nitrogens with one attached hydrogen (secondary N) is 1. The molecule has 0 saturated heterocycles. The van der Waals surface area contributed by atoms with Gasteiger partial charge in [0.1, 0.15) is 5.75 Å². The fraction of sp³-hybridized carbons (Fsp3) is 0.333. The number of nitrogens with zero attached hydrogens (tertiary/aromatic N) is 2. The average Bonchev–Trinajstić information content (AvgIpc) is 2.45. The van der Waals surface area contributed by atoms with Crippen LogP contribution in [0.15, 0.2) is 36.8 Å². The number of benzene rings is 1. The lowest BCUT2D eigenvalue weighted by molar-refractivity contribution is 0.403. The van der Waals surface area contributed by atoms with E-state index in [0.717, 1.165) is 23.6 Å². The van der Waals surface area contributed by atoms with E-state index in [1.807, 2.05) is 12.1 Å². The third-order valence-corrected chi connectivity index (χ3v) is 2.98. The molecule has 0 fully saturated rings. The van der Waals surface area contributed by atoms with Gasteiger partial charge in [-0.1, -0.05) is 24.6 Å². The van der Waals surface area contributed by atoms with Gasteiger partial charge in [-0.05, 0) is 19.5 Å². The molecule has 0 spiro atoms. The van der Waals surface area contributed by atoms with E-state index < -0.39 is 0 Å². The maximum absolute atomic E-state index is 5.46. The topological polar surface area (TPSA) is 47.0 Å². The van der Waals surface area contributed by atoms with Crippen LogP contribution >= 0.6 is 0 Å². The van der Waals surface area contributed by atoms with E-state index in [1.54, 1.807) is 25.7 Å². The SMILES string of the molecule is CCNC(c1cnccn1)c1cc(C)ccc1OC. The molecule has 4 nitrogen and oxygen atoms in total. The van der Waals surface area contributed by atoms with Gasteiger partial charge in [-0.3, -0.25) is 9.97 Å². The Balaban J connectivity index is 2.47. The van der Waals surface area contributed by atoms with Crippen molar-refractivity contribution < 1.29 is 4.74 Å². The minimum Gasteiger partial charge on any atom is -0.496 e. The molecule has 1 aromatic carbocycles. The molecule has 0 radical (unpaired) electrons. The Morgan fingerprint density at radius 2 is 2.16 bits per heavy atom. The summed E-state index contributed by atoms with van der Waals surface area (Å²) in [6, 6.07) is 6.15. The highest BCUT2D eigenvalue weighted by molar-refractivity contribution is 5.42. The molecule has 1 atom stereocenters. The highest BCUT2D eigenvalue weighted by Gasteiger charge is 2.18. The molecule has 0 amide bonds. The minimum atomic E-state index is -0.00597. The molecule has 0 bridgehead atoms. The molecule has 1 unspecified atom stereocenters. The highest BCUT2D eigenvalue weighted by Crippen LogP contribution is 2.29. The van der Waals surface area contributed by atoms with E-state index in [4.69, 9.17) is 4.74 Å². The molecule has 100 valence electrons. The molecule has 0 aliphatic carbocycles. The molecular formula is C15H19N3O. The van der Waals surface area contributed by atoms with Crippen LogP contribution in [0.3, 0.4) is 0 Å². The third-order valence-electron chi connectivity index (χ3n) is 2.98. The fourth-order valence-electron chi connectivity index (χ4n) is 2.12. The zero-order valence-corrected chi connectivity index (χ0v) is 11.6. The van der Waals surface area contributed by atoms with Crippen molar-refractivity contribution >= 4 is 0 Å². The van der Waals surface area contributed by atoms with Gasteiger partial charge in [0.05, 0.1) is 25.0 Å². The largest absolute Gasteiger partial charge is 0.496 e. The fourth-order valence-corrected chi connectivity index (χ4v) is 2.12. The first-order valence-electron chi connectivity index (χ1n) is 6.40.